The molecule has 2 rings (SSSR count). The van der Waals surface area contributed by atoms with Crippen molar-refractivity contribution in [1.29, 1.82) is 0 Å². The van der Waals surface area contributed by atoms with Crippen LogP contribution in [0.1, 0.15) is 15.2 Å². The van der Waals surface area contributed by atoms with Crippen LogP contribution in [0.5, 0.6) is 5.75 Å². The number of nitrogens with zero attached hydrogens (tertiary/aromatic N) is 1. The number of nitro benzene ring substituents is 1. The van der Waals surface area contributed by atoms with Crippen molar-refractivity contribution in [2.24, 2.45) is 0 Å². The average molecular weight is 393 g/mol. The number of hydrogen-bond acceptors (Lipinski definition) is 5. The lowest BCUT2D eigenvalue weighted by molar-refractivity contribution is -0.386. The van der Waals surface area contributed by atoms with Gasteiger partial charge in [0.25, 0.3) is 0 Å². The zero-order valence-electron chi connectivity index (χ0n) is 10.2. The van der Waals surface area contributed by atoms with E-state index in [2.05, 4.69) is 15.9 Å². The van der Waals surface area contributed by atoms with Gasteiger partial charge in [-0.05, 0) is 33.4 Å². The van der Waals surface area contributed by atoms with Crippen molar-refractivity contribution in [2.75, 3.05) is 0 Å². The van der Waals surface area contributed by atoms with Crippen molar-refractivity contribution in [3.63, 3.8) is 0 Å². The molecular formula is C12H7BrClNO5S. The van der Waals surface area contributed by atoms with Crippen LogP contribution in [0.2, 0.25) is 5.02 Å². The number of benzene rings is 1. The smallest absolute Gasteiger partial charge is 0.346 e. The van der Waals surface area contributed by atoms with E-state index >= 15 is 0 Å². The molecule has 21 heavy (non-hydrogen) atoms. The summed E-state index contributed by atoms with van der Waals surface area (Å²) in [4.78, 5) is 21.5. The van der Waals surface area contributed by atoms with E-state index in [9.17, 15) is 14.9 Å². The van der Waals surface area contributed by atoms with Gasteiger partial charge in [0, 0.05) is 16.7 Å². The Labute approximate surface area is 136 Å². The van der Waals surface area contributed by atoms with Crippen LogP contribution in [0, 0.1) is 10.1 Å². The van der Waals surface area contributed by atoms with Gasteiger partial charge < -0.3 is 9.84 Å². The van der Waals surface area contributed by atoms with E-state index in [1.165, 1.54) is 12.1 Å². The number of ether oxygens (including phenoxy) is 1. The monoisotopic (exact) mass is 391 g/mol. The first-order chi connectivity index (χ1) is 9.90. The SMILES string of the molecule is O=C(O)c1sccc1COc1c(Br)cc(Cl)cc1[N+](=O)[O-]. The maximum absolute atomic E-state index is 11.0. The first kappa shape index (κ1) is 15.7. The van der Waals surface area contributed by atoms with Crippen molar-refractivity contribution >= 4 is 50.5 Å². The van der Waals surface area contributed by atoms with Gasteiger partial charge in [0.05, 0.1) is 9.40 Å². The molecule has 0 aliphatic heterocycles. The van der Waals surface area contributed by atoms with Gasteiger partial charge in [-0.3, -0.25) is 10.1 Å². The van der Waals surface area contributed by atoms with E-state index < -0.39 is 10.9 Å². The second-order valence-corrected chi connectivity index (χ2v) is 6.07. The quantitative estimate of drug-likeness (QED) is 0.603. The largest absolute Gasteiger partial charge is 0.481 e. The summed E-state index contributed by atoms with van der Waals surface area (Å²) < 4.78 is 5.74. The van der Waals surface area contributed by atoms with Gasteiger partial charge in [-0.15, -0.1) is 11.3 Å². The molecule has 1 N–H and O–H groups in total. The summed E-state index contributed by atoms with van der Waals surface area (Å²) in [5, 5.41) is 21.8. The number of hydrogen-bond donors (Lipinski definition) is 1. The summed E-state index contributed by atoms with van der Waals surface area (Å²) in [5.41, 5.74) is 0.158. The molecule has 0 aliphatic rings. The van der Waals surface area contributed by atoms with Gasteiger partial charge >= 0.3 is 11.7 Å². The Morgan fingerprint density at radius 1 is 1.52 bits per heavy atom. The van der Waals surface area contributed by atoms with E-state index in [0.717, 1.165) is 11.3 Å². The molecule has 0 saturated heterocycles. The topological polar surface area (TPSA) is 89.7 Å². The Morgan fingerprint density at radius 2 is 2.24 bits per heavy atom. The van der Waals surface area contributed by atoms with Crippen LogP contribution in [0.3, 0.4) is 0 Å². The number of nitro groups is 1. The molecule has 9 heteroatoms. The minimum absolute atomic E-state index is 0.00642. The van der Waals surface area contributed by atoms with Crippen molar-refractivity contribution in [3.8, 4) is 5.75 Å². The fourth-order valence-electron chi connectivity index (χ4n) is 1.61. The molecule has 110 valence electrons. The highest BCUT2D eigenvalue weighted by Gasteiger charge is 2.21. The molecule has 0 radical (unpaired) electrons. The van der Waals surface area contributed by atoms with E-state index in [1.807, 2.05) is 0 Å². The predicted octanol–water partition coefficient (Wildman–Crippen LogP) is 4.35. The highest BCUT2D eigenvalue weighted by atomic mass is 79.9. The second-order valence-electron chi connectivity index (χ2n) is 3.86. The van der Waals surface area contributed by atoms with Crippen LogP contribution in [-0.2, 0) is 6.61 Å². The highest BCUT2D eigenvalue weighted by Crippen LogP contribution is 2.38. The molecule has 1 aromatic heterocycles. The molecule has 6 nitrogen and oxygen atoms in total. The summed E-state index contributed by atoms with van der Waals surface area (Å²) in [7, 11) is 0. The molecule has 0 saturated carbocycles. The standard InChI is InChI=1S/C12H7BrClNO5S/c13-8-3-7(14)4-9(15(18)19)10(8)20-5-6-1-2-21-11(6)12(16)17/h1-4H,5H2,(H,16,17). The Balaban J connectivity index is 2.30. The lowest BCUT2D eigenvalue weighted by Gasteiger charge is -2.09. The maximum atomic E-state index is 11.0. The lowest BCUT2D eigenvalue weighted by atomic mass is 10.2. The number of carboxylic acids is 1. The number of carboxylic acid groups (broad SMARTS) is 1. The molecule has 1 heterocycles. The molecule has 0 fully saturated rings. The van der Waals surface area contributed by atoms with Crippen LogP contribution in [0.15, 0.2) is 28.1 Å². The molecule has 2 aromatic rings. The Morgan fingerprint density at radius 3 is 2.86 bits per heavy atom. The van der Waals surface area contributed by atoms with Crippen LogP contribution in [0.4, 0.5) is 5.69 Å². The molecule has 0 spiro atoms. The first-order valence-corrected chi connectivity index (χ1v) is 7.51. The van der Waals surface area contributed by atoms with Crippen LogP contribution in [0.25, 0.3) is 0 Å². The molecule has 0 amide bonds. The summed E-state index contributed by atoms with van der Waals surface area (Å²) >= 11 is 9.98. The molecule has 0 aliphatic carbocycles. The zero-order chi connectivity index (χ0) is 15.6. The molecule has 0 atom stereocenters. The summed E-state index contributed by atoms with van der Waals surface area (Å²) in [5.74, 6) is -1.06. The summed E-state index contributed by atoms with van der Waals surface area (Å²) in [6.07, 6.45) is 0. The second kappa shape index (κ2) is 6.42. The number of halogens is 2. The number of thiophene rings is 1. The normalized spacial score (nSPS) is 10.4. The van der Waals surface area contributed by atoms with Crippen molar-refractivity contribution in [1.82, 2.24) is 0 Å². The average Bonchev–Trinajstić information content (AvgIpc) is 2.85. The lowest BCUT2D eigenvalue weighted by Crippen LogP contribution is -2.03. The third kappa shape index (κ3) is 3.52. The summed E-state index contributed by atoms with van der Waals surface area (Å²) in [6.45, 7) is -0.0911. The Hall–Kier alpha value is -1.64. The number of carbonyl (C=O) groups is 1. The summed E-state index contributed by atoms with van der Waals surface area (Å²) in [6, 6.07) is 4.24. The van der Waals surface area contributed by atoms with E-state index in [0.29, 0.717) is 10.0 Å². The van der Waals surface area contributed by atoms with Gasteiger partial charge in [0.15, 0.2) is 0 Å². The minimum atomic E-state index is -1.06. The molecule has 0 unspecified atom stereocenters. The number of aromatic carboxylic acids is 1. The zero-order valence-corrected chi connectivity index (χ0v) is 13.4. The van der Waals surface area contributed by atoms with Crippen LogP contribution >= 0.6 is 38.9 Å². The Kier molecular flexibility index (Phi) is 4.81. The Bertz CT molecular complexity index is 718. The molecular weight excluding hydrogens is 386 g/mol. The van der Waals surface area contributed by atoms with Gasteiger partial charge in [-0.2, -0.15) is 0 Å². The van der Waals surface area contributed by atoms with Gasteiger partial charge in [-0.25, -0.2) is 4.79 Å². The van der Waals surface area contributed by atoms with Crippen LogP contribution < -0.4 is 4.74 Å². The third-order valence-corrected chi connectivity index (χ3v) is 4.25. The van der Waals surface area contributed by atoms with Crippen molar-refractivity contribution in [2.45, 2.75) is 6.61 Å². The molecule has 1 aromatic carbocycles. The van der Waals surface area contributed by atoms with E-state index in [1.54, 1.807) is 11.4 Å². The fourth-order valence-corrected chi connectivity index (χ4v) is 3.27. The highest BCUT2D eigenvalue weighted by molar-refractivity contribution is 9.10. The predicted molar refractivity (Wildman–Crippen MR) is 81.4 cm³/mol. The fraction of sp³-hybridized carbons (Fsp3) is 0.0833. The minimum Gasteiger partial charge on any atom is -0.481 e. The van der Waals surface area contributed by atoms with E-state index in [4.69, 9.17) is 21.4 Å². The van der Waals surface area contributed by atoms with E-state index in [-0.39, 0.29) is 27.9 Å². The number of rotatable bonds is 5. The van der Waals surface area contributed by atoms with Crippen molar-refractivity contribution < 1.29 is 19.6 Å². The first-order valence-electron chi connectivity index (χ1n) is 5.46. The van der Waals surface area contributed by atoms with Gasteiger partial charge in [-0.1, -0.05) is 11.6 Å². The molecule has 0 bridgehead atoms. The maximum Gasteiger partial charge on any atom is 0.346 e. The third-order valence-electron chi connectivity index (χ3n) is 2.50. The van der Waals surface area contributed by atoms with Gasteiger partial charge in [0.1, 0.15) is 11.5 Å². The van der Waals surface area contributed by atoms with Crippen LogP contribution in [-0.4, -0.2) is 16.0 Å². The van der Waals surface area contributed by atoms with Gasteiger partial charge in [0.2, 0.25) is 5.75 Å². The van der Waals surface area contributed by atoms with Crippen molar-refractivity contribution in [3.05, 3.63) is 53.6 Å².